The summed E-state index contributed by atoms with van der Waals surface area (Å²) in [4.78, 5) is 10.2. The molecule has 0 aromatic heterocycles. The minimum Gasteiger partial charge on any atom is -0.477 e. The molecule has 1 atom stereocenters. The van der Waals surface area contributed by atoms with Crippen molar-refractivity contribution in [3.05, 3.63) is 36.5 Å². The summed E-state index contributed by atoms with van der Waals surface area (Å²) in [6, 6.07) is 0. The third-order valence-corrected chi connectivity index (χ3v) is 3.78. The molecule has 0 aliphatic heterocycles. The van der Waals surface area contributed by atoms with Crippen LogP contribution in [0.5, 0.6) is 0 Å². The van der Waals surface area contributed by atoms with E-state index in [9.17, 15) is 18.7 Å². The van der Waals surface area contributed by atoms with Gasteiger partial charge in [-0.25, -0.2) is 4.79 Å². The Kier molecular flexibility index (Phi) is 13.9. The molecule has 0 aromatic rings. The fourth-order valence-electron chi connectivity index (χ4n) is 2.20. The van der Waals surface area contributed by atoms with Crippen molar-refractivity contribution in [2.24, 2.45) is 0 Å². The molecule has 2 N–H and O–H groups in total. The summed E-state index contributed by atoms with van der Waals surface area (Å²) in [5, 5.41) is 18.0. The normalized spacial score (nSPS) is 14.1. The van der Waals surface area contributed by atoms with Gasteiger partial charge in [0.2, 0.25) is 0 Å². The van der Waals surface area contributed by atoms with Gasteiger partial charge in [-0.1, -0.05) is 62.6 Å². The lowest BCUT2D eigenvalue weighted by Gasteiger charge is -2.08. The topological polar surface area (TPSA) is 57.5 Å². The average molecular weight is 358 g/mol. The van der Waals surface area contributed by atoms with Crippen molar-refractivity contribution < 1.29 is 23.8 Å². The SMILES string of the molecule is CCCCCC(O)C=CC=CCCCCC=CCCC(F)(F)C(=O)O. The number of halogens is 2. The molecule has 0 spiro atoms. The van der Waals surface area contributed by atoms with Gasteiger partial charge < -0.3 is 10.2 Å². The molecule has 25 heavy (non-hydrogen) atoms. The van der Waals surface area contributed by atoms with Gasteiger partial charge >= 0.3 is 11.9 Å². The lowest BCUT2D eigenvalue weighted by atomic mass is 10.1. The van der Waals surface area contributed by atoms with E-state index in [1.807, 2.05) is 30.4 Å². The van der Waals surface area contributed by atoms with E-state index in [1.54, 1.807) is 6.08 Å². The van der Waals surface area contributed by atoms with Crippen molar-refractivity contribution in [3.63, 3.8) is 0 Å². The van der Waals surface area contributed by atoms with Crippen molar-refractivity contribution in [3.8, 4) is 0 Å². The molecule has 5 heteroatoms. The van der Waals surface area contributed by atoms with Crippen LogP contribution < -0.4 is 0 Å². The van der Waals surface area contributed by atoms with Crippen molar-refractivity contribution in [1.82, 2.24) is 0 Å². The molecule has 3 nitrogen and oxygen atoms in total. The predicted octanol–water partition coefficient (Wildman–Crippen LogP) is 5.66. The van der Waals surface area contributed by atoms with E-state index in [2.05, 4.69) is 6.92 Å². The average Bonchev–Trinajstić information content (AvgIpc) is 2.55. The number of aliphatic hydroxyl groups is 1. The molecule has 0 bridgehead atoms. The Morgan fingerprint density at radius 2 is 1.64 bits per heavy atom. The van der Waals surface area contributed by atoms with Gasteiger partial charge in [-0.3, -0.25) is 0 Å². The maximum Gasteiger partial charge on any atom is 0.374 e. The van der Waals surface area contributed by atoms with Crippen LogP contribution in [0.15, 0.2) is 36.5 Å². The second kappa shape index (κ2) is 14.8. The molecule has 144 valence electrons. The molecule has 0 aliphatic carbocycles. The van der Waals surface area contributed by atoms with Crippen LogP contribution in [-0.4, -0.2) is 28.2 Å². The van der Waals surface area contributed by atoms with E-state index in [4.69, 9.17) is 5.11 Å². The van der Waals surface area contributed by atoms with Gasteiger partial charge in [0, 0.05) is 6.42 Å². The second-order valence-corrected chi connectivity index (χ2v) is 6.18. The summed E-state index contributed by atoms with van der Waals surface area (Å²) in [6.45, 7) is 2.14. The minimum atomic E-state index is -3.63. The van der Waals surface area contributed by atoms with Gasteiger partial charge in [-0.2, -0.15) is 8.78 Å². The van der Waals surface area contributed by atoms with Gasteiger partial charge in [-0.15, -0.1) is 0 Å². The highest BCUT2D eigenvalue weighted by Gasteiger charge is 2.37. The number of aliphatic hydroxyl groups excluding tert-OH is 1. The molecule has 0 fully saturated rings. The number of unbranched alkanes of at least 4 members (excludes halogenated alkanes) is 5. The standard InChI is InChI=1S/C20H32F2O3/c1-2-3-12-15-18(23)16-13-10-8-6-4-5-7-9-11-14-17-20(21,22)19(24)25/h8-11,13,16,18,23H,2-7,12,14-15,17H2,1H3,(H,24,25). The van der Waals surface area contributed by atoms with Crippen molar-refractivity contribution in [2.45, 2.75) is 83.2 Å². The Morgan fingerprint density at radius 3 is 2.28 bits per heavy atom. The van der Waals surface area contributed by atoms with Gasteiger partial charge in [0.15, 0.2) is 0 Å². The third-order valence-electron chi connectivity index (χ3n) is 3.78. The highest BCUT2D eigenvalue weighted by Crippen LogP contribution is 2.20. The van der Waals surface area contributed by atoms with Gasteiger partial charge in [-0.05, 0) is 38.5 Å². The van der Waals surface area contributed by atoms with E-state index in [1.165, 1.54) is 0 Å². The first-order valence-electron chi connectivity index (χ1n) is 9.17. The Hall–Kier alpha value is -1.49. The molecule has 0 radical (unpaired) electrons. The van der Waals surface area contributed by atoms with Crippen LogP contribution in [0, 0.1) is 0 Å². The Labute approximate surface area is 150 Å². The number of hydrogen-bond donors (Lipinski definition) is 2. The Bertz CT molecular complexity index is 429. The summed E-state index contributed by atoms with van der Waals surface area (Å²) in [5.41, 5.74) is 0. The maximum atomic E-state index is 12.8. The second-order valence-electron chi connectivity index (χ2n) is 6.18. The van der Waals surface area contributed by atoms with E-state index in [-0.39, 0.29) is 12.5 Å². The van der Waals surface area contributed by atoms with E-state index >= 15 is 0 Å². The van der Waals surface area contributed by atoms with Crippen LogP contribution in [-0.2, 0) is 4.79 Å². The van der Waals surface area contributed by atoms with Gasteiger partial charge in [0.05, 0.1) is 6.10 Å². The summed E-state index contributed by atoms with van der Waals surface area (Å²) >= 11 is 0. The van der Waals surface area contributed by atoms with Gasteiger partial charge in [0.25, 0.3) is 0 Å². The van der Waals surface area contributed by atoms with E-state index in [0.717, 1.165) is 51.4 Å². The lowest BCUT2D eigenvalue weighted by molar-refractivity contribution is -0.165. The zero-order chi connectivity index (χ0) is 19.0. The van der Waals surface area contributed by atoms with E-state index < -0.39 is 18.3 Å². The monoisotopic (exact) mass is 358 g/mol. The van der Waals surface area contributed by atoms with Crippen molar-refractivity contribution in [2.75, 3.05) is 0 Å². The largest absolute Gasteiger partial charge is 0.477 e. The first-order valence-corrected chi connectivity index (χ1v) is 9.17. The smallest absolute Gasteiger partial charge is 0.374 e. The molecular formula is C20H32F2O3. The first kappa shape index (κ1) is 23.5. The summed E-state index contributed by atoms with van der Waals surface area (Å²) in [5.74, 6) is -5.69. The third kappa shape index (κ3) is 14.6. The number of hydrogen-bond acceptors (Lipinski definition) is 2. The van der Waals surface area contributed by atoms with Crippen LogP contribution >= 0.6 is 0 Å². The van der Waals surface area contributed by atoms with E-state index in [0.29, 0.717) is 0 Å². The number of aliphatic carboxylic acids is 1. The summed E-state index contributed by atoms with van der Waals surface area (Å²) in [7, 11) is 0. The van der Waals surface area contributed by atoms with Crippen LogP contribution in [0.2, 0.25) is 0 Å². The molecule has 0 heterocycles. The summed E-state index contributed by atoms with van der Waals surface area (Å²) in [6.07, 6.45) is 18.0. The van der Waals surface area contributed by atoms with Crippen molar-refractivity contribution in [1.29, 1.82) is 0 Å². The van der Waals surface area contributed by atoms with Gasteiger partial charge in [0.1, 0.15) is 0 Å². The molecular weight excluding hydrogens is 326 g/mol. The quantitative estimate of drug-likeness (QED) is 0.226. The first-order chi connectivity index (χ1) is 11.9. The number of carboxylic acid groups (broad SMARTS) is 1. The molecule has 0 saturated carbocycles. The zero-order valence-electron chi connectivity index (χ0n) is 15.2. The van der Waals surface area contributed by atoms with Crippen LogP contribution in [0.1, 0.15) is 71.1 Å². The number of alkyl halides is 2. The molecule has 0 aromatic carbocycles. The van der Waals surface area contributed by atoms with Crippen LogP contribution in [0.3, 0.4) is 0 Å². The molecule has 1 unspecified atom stereocenters. The maximum absolute atomic E-state index is 12.8. The highest BCUT2D eigenvalue weighted by molar-refractivity contribution is 5.75. The molecule has 0 aliphatic rings. The predicted molar refractivity (Wildman–Crippen MR) is 97.9 cm³/mol. The number of carboxylic acids is 1. The Balaban J connectivity index is 3.60. The summed E-state index contributed by atoms with van der Waals surface area (Å²) < 4.78 is 25.6. The molecule has 0 saturated heterocycles. The number of rotatable bonds is 15. The van der Waals surface area contributed by atoms with Crippen LogP contribution in [0.25, 0.3) is 0 Å². The fourth-order valence-corrected chi connectivity index (χ4v) is 2.20. The molecule has 0 amide bonds. The zero-order valence-corrected chi connectivity index (χ0v) is 15.2. The number of carbonyl (C=O) groups is 1. The highest BCUT2D eigenvalue weighted by atomic mass is 19.3. The minimum absolute atomic E-state index is 0.0740. The molecule has 0 rings (SSSR count). The number of allylic oxidation sites excluding steroid dienone is 5. The Morgan fingerprint density at radius 1 is 1.00 bits per heavy atom. The van der Waals surface area contributed by atoms with Crippen LogP contribution in [0.4, 0.5) is 8.78 Å². The lowest BCUT2D eigenvalue weighted by Crippen LogP contribution is -2.27. The fraction of sp³-hybridized carbons (Fsp3) is 0.650. The van der Waals surface area contributed by atoms with Crippen molar-refractivity contribution >= 4 is 5.97 Å².